The van der Waals surface area contributed by atoms with Crippen LogP contribution in [-0.2, 0) is 36.9 Å². The topological polar surface area (TPSA) is 56.1 Å². The third-order valence-corrected chi connectivity index (χ3v) is 6.93. The Labute approximate surface area is 169 Å². The number of carbonyl (C=O) groups is 1. The van der Waals surface area contributed by atoms with Crippen molar-refractivity contribution in [1.82, 2.24) is 10.2 Å². The van der Waals surface area contributed by atoms with E-state index in [9.17, 15) is 10.1 Å². The van der Waals surface area contributed by atoms with Crippen LogP contribution in [-0.4, -0.2) is 36.0 Å². The molecule has 3 aliphatic rings. The van der Waals surface area contributed by atoms with Crippen LogP contribution < -0.4 is 5.32 Å². The molecule has 1 heterocycles. The molecule has 1 aromatic carbocycles. The number of hydrogen-bond acceptors (Lipinski definition) is 3. The molecule has 0 bridgehead atoms. The van der Waals surface area contributed by atoms with Crippen molar-refractivity contribution in [3.63, 3.8) is 0 Å². The van der Waals surface area contributed by atoms with Crippen LogP contribution in [0.3, 0.4) is 0 Å². The first-order valence-corrected chi connectivity index (χ1v) is 11.0. The number of nitrogens with zero attached hydrogens (tertiary/aromatic N) is 2. The van der Waals surface area contributed by atoms with Gasteiger partial charge >= 0.3 is 0 Å². The summed E-state index contributed by atoms with van der Waals surface area (Å²) in [6.07, 6.45) is 7.60. The minimum absolute atomic E-state index is 0.0710. The highest BCUT2D eigenvalue weighted by Crippen LogP contribution is 2.39. The van der Waals surface area contributed by atoms with Crippen molar-refractivity contribution in [2.75, 3.05) is 13.1 Å². The van der Waals surface area contributed by atoms with Crippen LogP contribution in [0.1, 0.15) is 61.4 Å². The van der Waals surface area contributed by atoms with Crippen LogP contribution >= 0.6 is 0 Å². The summed E-state index contributed by atoms with van der Waals surface area (Å²) in [6, 6.07) is 4.79. The maximum atomic E-state index is 12.5. The normalized spacial score (nSPS) is 26.8. The maximum absolute atomic E-state index is 12.5. The Bertz CT molecular complexity index is 773. The molecule has 4 nitrogen and oxygen atoms in total. The Kier molecular flexibility index (Phi) is 5.47. The Morgan fingerprint density at radius 2 is 1.86 bits per heavy atom. The molecule has 0 aromatic heterocycles. The molecule has 2 aliphatic carbocycles. The largest absolute Gasteiger partial charge is 0.326 e. The van der Waals surface area contributed by atoms with E-state index in [4.69, 9.17) is 0 Å². The summed E-state index contributed by atoms with van der Waals surface area (Å²) in [6.45, 7) is 7.98. The molecule has 1 aliphatic heterocycles. The molecule has 4 atom stereocenters. The van der Waals surface area contributed by atoms with Crippen LogP contribution in [0.25, 0.3) is 0 Å². The third kappa shape index (κ3) is 3.70. The van der Waals surface area contributed by atoms with Gasteiger partial charge in [0.05, 0.1) is 12.6 Å². The summed E-state index contributed by atoms with van der Waals surface area (Å²) in [5, 5.41) is 12.7. The number of fused-ring (bicyclic) bond motifs is 2. The minimum atomic E-state index is -0.228. The predicted molar refractivity (Wildman–Crippen MR) is 111 cm³/mol. The van der Waals surface area contributed by atoms with Crippen molar-refractivity contribution in [2.24, 2.45) is 11.8 Å². The lowest BCUT2D eigenvalue weighted by molar-refractivity contribution is -0.130. The lowest BCUT2D eigenvalue weighted by Crippen LogP contribution is -2.43. The summed E-state index contributed by atoms with van der Waals surface area (Å²) in [5.74, 6) is 1.56. The molecular formula is C24H33N3O. The van der Waals surface area contributed by atoms with Gasteiger partial charge in [0.15, 0.2) is 0 Å². The molecule has 1 aromatic rings. The molecule has 1 saturated heterocycles. The van der Waals surface area contributed by atoms with Crippen LogP contribution in [0.15, 0.2) is 6.07 Å². The Hall–Kier alpha value is -1.86. The molecule has 0 spiro atoms. The van der Waals surface area contributed by atoms with E-state index in [0.29, 0.717) is 6.54 Å². The minimum Gasteiger partial charge on any atom is -0.326 e. The molecule has 1 fully saturated rings. The zero-order valence-corrected chi connectivity index (χ0v) is 17.6. The summed E-state index contributed by atoms with van der Waals surface area (Å²) < 4.78 is 0. The second-order valence-corrected chi connectivity index (χ2v) is 9.52. The van der Waals surface area contributed by atoms with Gasteiger partial charge in [-0.1, -0.05) is 19.9 Å². The van der Waals surface area contributed by atoms with Gasteiger partial charge in [0.2, 0.25) is 5.91 Å². The number of likely N-dealkylation sites (tertiary alicyclic amines) is 1. The fourth-order valence-electron chi connectivity index (χ4n) is 5.61. The fourth-order valence-corrected chi connectivity index (χ4v) is 5.61. The summed E-state index contributed by atoms with van der Waals surface area (Å²) >= 11 is 0. The van der Waals surface area contributed by atoms with Gasteiger partial charge in [-0.15, -0.1) is 0 Å². The summed E-state index contributed by atoms with van der Waals surface area (Å²) in [4.78, 5) is 14.3. The van der Waals surface area contributed by atoms with E-state index in [0.717, 1.165) is 37.6 Å². The van der Waals surface area contributed by atoms with Crippen LogP contribution in [0.2, 0.25) is 0 Å². The van der Waals surface area contributed by atoms with Gasteiger partial charge < -0.3 is 10.2 Å². The zero-order chi connectivity index (χ0) is 19.8. The molecule has 4 rings (SSSR count). The number of amides is 1. The van der Waals surface area contributed by atoms with Crippen molar-refractivity contribution in [3.05, 3.63) is 33.9 Å². The van der Waals surface area contributed by atoms with Crippen molar-refractivity contribution in [1.29, 1.82) is 5.26 Å². The number of benzene rings is 1. The van der Waals surface area contributed by atoms with E-state index in [1.165, 1.54) is 25.7 Å². The first-order chi connectivity index (χ1) is 13.5. The van der Waals surface area contributed by atoms with Crippen molar-refractivity contribution in [2.45, 2.75) is 77.8 Å². The highest BCUT2D eigenvalue weighted by Gasteiger charge is 2.30. The summed E-state index contributed by atoms with van der Waals surface area (Å²) in [7, 11) is 0. The molecule has 4 heteroatoms. The Balaban J connectivity index is 1.44. The number of nitrogens with one attached hydrogen (secondary N) is 1. The van der Waals surface area contributed by atoms with Crippen molar-refractivity contribution in [3.8, 4) is 6.07 Å². The molecule has 0 saturated carbocycles. The molecule has 1 N–H and O–H groups in total. The van der Waals surface area contributed by atoms with E-state index < -0.39 is 0 Å². The first-order valence-electron chi connectivity index (χ1n) is 11.0. The predicted octanol–water partition coefficient (Wildman–Crippen LogP) is 3.19. The average molecular weight is 380 g/mol. The van der Waals surface area contributed by atoms with Gasteiger partial charge in [0.1, 0.15) is 6.04 Å². The zero-order valence-electron chi connectivity index (χ0n) is 17.6. The van der Waals surface area contributed by atoms with Gasteiger partial charge in [-0.2, -0.15) is 5.26 Å². The number of hydrogen-bond donors (Lipinski definition) is 1. The molecule has 0 radical (unpaired) electrons. The number of carbonyl (C=O) groups excluding carboxylic acids is 1. The van der Waals surface area contributed by atoms with Crippen molar-refractivity contribution >= 4 is 5.91 Å². The van der Waals surface area contributed by atoms with E-state index >= 15 is 0 Å². The number of nitriles is 1. The fraction of sp³-hybridized carbons (Fsp3) is 0.667. The first kappa shape index (κ1) is 19.5. The van der Waals surface area contributed by atoms with Crippen LogP contribution in [0.4, 0.5) is 0 Å². The lowest BCUT2D eigenvalue weighted by Gasteiger charge is -2.23. The van der Waals surface area contributed by atoms with Gasteiger partial charge in [-0.05, 0) is 91.5 Å². The lowest BCUT2D eigenvalue weighted by atomic mass is 9.90. The van der Waals surface area contributed by atoms with Gasteiger partial charge in [0, 0.05) is 12.6 Å². The molecule has 150 valence electrons. The second-order valence-electron chi connectivity index (χ2n) is 9.52. The summed E-state index contributed by atoms with van der Waals surface area (Å²) in [5.41, 5.74) is 7.93. The van der Waals surface area contributed by atoms with E-state index in [1.807, 2.05) is 0 Å². The van der Waals surface area contributed by atoms with Gasteiger partial charge in [-0.25, -0.2) is 0 Å². The number of rotatable bonds is 5. The van der Waals surface area contributed by atoms with E-state index in [2.05, 4.69) is 38.2 Å². The molecule has 28 heavy (non-hydrogen) atoms. The maximum Gasteiger partial charge on any atom is 0.237 e. The Morgan fingerprint density at radius 1 is 1.21 bits per heavy atom. The monoisotopic (exact) mass is 379 g/mol. The average Bonchev–Trinajstić information content (AvgIpc) is 3.36. The quantitative estimate of drug-likeness (QED) is 0.855. The SMILES string of the molecule is CC1Cc2cc3c(c(CC(C)NCC(=O)N4CCC[C@H]4C#N)c2C1)CC(C)C3. The van der Waals surface area contributed by atoms with Crippen LogP contribution in [0.5, 0.6) is 0 Å². The van der Waals surface area contributed by atoms with E-state index in [1.54, 1.807) is 32.7 Å². The standard InChI is InChI=1S/C24H33N3O/c1-15-7-18-12-19-8-16(2)10-22(19)23(21(18)9-15)11-17(3)26-14-24(28)27-6-4-5-20(27)13-25/h12,15-17,20,26H,4-11,14H2,1-3H3/t15?,16?,17?,20-/m0/s1. The highest BCUT2D eigenvalue weighted by atomic mass is 16.2. The molecular weight excluding hydrogens is 346 g/mol. The van der Waals surface area contributed by atoms with E-state index in [-0.39, 0.29) is 18.0 Å². The van der Waals surface area contributed by atoms with Gasteiger partial charge in [0.25, 0.3) is 0 Å². The Morgan fingerprint density at radius 3 is 2.46 bits per heavy atom. The smallest absolute Gasteiger partial charge is 0.237 e. The second kappa shape index (κ2) is 7.87. The highest BCUT2D eigenvalue weighted by molar-refractivity contribution is 5.79. The van der Waals surface area contributed by atoms with Crippen molar-refractivity contribution < 1.29 is 4.79 Å². The van der Waals surface area contributed by atoms with Gasteiger partial charge in [-0.3, -0.25) is 4.79 Å². The van der Waals surface area contributed by atoms with Crippen LogP contribution in [0, 0.1) is 23.2 Å². The molecule has 1 amide bonds. The third-order valence-electron chi connectivity index (χ3n) is 6.93. The molecule has 3 unspecified atom stereocenters.